The van der Waals surface area contributed by atoms with Crippen molar-refractivity contribution in [3.8, 4) is 0 Å². The summed E-state index contributed by atoms with van der Waals surface area (Å²) in [5.74, 6) is 0. The van der Waals surface area contributed by atoms with Crippen molar-refractivity contribution in [2.45, 2.75) is 38.7 Å². The molecule has 0 aromatic heterocycles. The first-order valence-corrected chi connectivity index (χ1v) is 5.68. The lowest BCUT2D eigenvalue weighted by Gasteiger charge is -2.25. The molecule has 1 rings (SSSR count). The molecule has 0 radical (unpaired) electrons. The van der Waals surface area contributed by atoms with Gasteiger partial charge in [0.05, 0.1) is 12.7 Å². The third-order valence-corrected chi connectivity index (χ3v) is 2.77. The number of ether oxygens (including phenoxy) is 2. The van der Waals surface area contributed by atoms with Gasteiger partial charge in [0, 0.05) is 26.6 Å². The molecule has 1 atom stereocenters. The zero-order valence-electron chi connectivity index (χ0n) is 9.70. The standard InChI is InChI=1S/C11H21NO3/c1-10(14-2)6-9-15-11(13)12-7-4-3-5-8-12/h10H,3-9H2,1-2H3. The fourth-order valence-electron chi connectivity index (χ4n) is 1.60. The van der Waals surface area contributed by atoms with E-state index in [2.05, 4.69) is 0 Å². The summed E-state index contributed by atoms with van der Waals surface area (Å²) >= 11 is 0. The normalized spacial score (nSPS) is 18.7. The van der Waals surface area contributed by atoms with Crippen LogP contribution in [0.4, 0.5) is 4.79 Å². The van der Waals surface area contributed by atoms with E-state index in [0.717, 1.165) is 32.4 Å². The number of amides is 1. The molecule has 0 N–H and O–H groups in total. The molecule has 1 saturated heterocycles. The number of methoxy groups -OCH3 is 1. The number of hydrogen-bond donors (Lipinski definition) is 0. The largest absolute Gasteiger partial charge is 0.449 e. The third kappa shape index (κ3) is 4.51. The summed E-state index contributed by atoms with van der Waals surface area (Å²) in [7, 11) is 1.66. The van der Waals surface area contributed by atoms with Crippen molar-refractivity contribution in [2.75, 3.05) is 26.8 Å². The molecular weight excluding hydrogens is 194 g/mol. The van der Waals surface area contributed by atoms with Crippen LogP contribution < -0.4 is 0 Å². The van der Waals surface area contributed by atoms with Gasteiger partial charge in [-0.05, 0) is 26.2 Å². The lowest BCUT2D eigenvalue weighted by molar-refractivity contribution is 0.0621. The Kier molecular flexibility index (Phi) is 5.47. The van der Waals surface area contributed by atoms with Gasteiger partial charge < -0.3 is 14.4 Å². The van der Waals surface area contributed by atoms with Crippen LogP contribution in [0.2, 0.25) is 0 Å². The predicted octanol–water partition coefficient (Wildman–Crippen LogP) is 2.03. The maximum atomic E-state index is 11.5. The van der Waals surface area contributed by atoms with Crippen LogP contribution >= 0.6 is 0 Å². The monoisotopic (exact) mass is 215 g/mol. The number of rotatable bonds is 4. The molecule has 0 bridgehead atoms. The Bertz CT molecular complexity index is 190. The van der Waals surface area contributed by atoms with Gasteiger partial charge in [-0.2, -0.15) is 0 Å². The minimum atomic E-state index is -0.169. The first-order chi connectivity index (χ1) is 7.24. The number of carbonyl (C=O) groups excluding carboxylic acids is 1. The first kappa shape index (κ1) is 12.3. The van der Waals surface area contributed by atoms with E-state index in [9.17, 15) is 4.79 Å². The molecule has 1 unspecified atom stereocenters. The van der Waals surface area contributed by atoms with Crippen molar-refractivity contribution in [2.24, 2.45) is 0 Å². The zero-order valence-corrected chi connectivity index (χ0v) is 9.70. The summed E-state index contributed by atoms with van der Waals surface area (Å²) in [4.78, 5) is 13.3. The molecule has 0 aromatic rings. The van der Waals surface area contributed by atoms with E-state index in [1.54, 1.807) is 12.0 Å². The van der Waals surface area contributed by atoms with Crippen LogP contribution in [0.1, 0.15) is 32.6 Å². The maximum absolute atomic E-state index is 11.5. The van der Waals surface area contributed by atoms with E-state index in [1.165, 1.54) is 6.42 Å². The average molecular weight is 215 g/mol. The smallest absolute Gasteiger partial charge is 0.409 e. The molecule has 15 heavy (non-hydrogen) atoms. The van der Waals surface area contributed by atoms with Crippen molar-refractivity contribution in [3.05, 3.63) is 0 Å². The van der Waals surface area contributed by atoms with E-state index in [4.69, 9.17) is 9.47 Å². The first-order valence-electron chi connectivity index (χ1n) is 5.68. The molecule has 4 heteroatoms. The van der Waals surface area contributed by atoms with Crippen molar-refractivity contribution in [1.29, 1.82) is 0 Å². The highest BCUT2D eigenvalue weighted by Gasteiger charge is 2.17. The summed E-state index contributed by atoms with van der Waals surface area (Å²) in [5.41, 5.74) is 0. The van der Waals surface area contributed by atoms with Crippen molar-refractivity contribution >= 4 is 6.09 Å². The Labute approximate surface area is 91.5 Å². The number of likely N-dealkylation sites (tertiary alicyclic amines) is 1. The molecule has 1 aliphatic heterocycles. The molecule has 0 spiro atoms. The highest BCUT2D eigenvalue weighted by molar-refractivity contribution is 5.67. The Hall–Kier alpha value is -0.770. The lowest BCUT2D eigenvalue weighted by atomic mass is 10.1. The number of carbonyl (C=O) groups is 1. The van der Waals surface area contributed by atoms with Gasteiger partial charge in [0.15, 0.2) is 0 Å². The zero-order chi connectivity index (χ0) is 11.1. The van der Waals surface area contributed by atoms with Crippen LogP contribution in [0, 0.1) is 0 Å². The van der Waals surface area contributed by atoms with Crippen molar-refractivity contribution in [3.63, 3.8) is 0 Å². The molecule has 4 nitrogen and oxygen atoms in total. The van der Waals surface area contributed by atoms with Gasteiger partial charge in [0.1, 0.15) is 0 Å². The van der Waals surface area contributed by atoms with Crippen LogP contribution in [-0.4, -0.2) is 43.9 Å². The highest BCUT2D eigenvalue weighted by atomic mass is 16.6. The molecular formula is C11H21NO3. The number of nitrogens with zero attached hydrogens (tertiary/aromatic N) is 1. The molecule has 1 aliphatic rings. The van der Waals surface area contributed by atoms with E-state index < -0.39 is 0 Å². The van der Waals surface area contributed by atoms with Crippen LogP contribution in [0.3, 0.4) is 0 Å². The molecule has 88 valence electrons. The van der Waals surface area contributed by atoms with E-state index in [0.29, 0.717) is 6.61 Å². The second-order valence-corrected chi connectivity index (χ2v) is 4.00. The SMILES string of the molecule is COC(C)CCOC(=O)N1CCCCC1. The van der Waals surface area contributed by atoms with Crippen molar-refractivity contribution in [1.82, 2.24) is 4.90 Å². The highest BCUT2D eigenvalue weighted by Crippen LogP contribution is 2.10. The fraction of sp³-hybridized carbons (Fsp3) is 0.909. The minimum absolute atomic E-state index is 0.152. The maximum Gasteiger partial charge on any atom is 0.409 e. The lowest BCUT2D eigenvalue weighted by Crippen LogP contribution is -2.36. The molecule has 1 fully saturated rings. The summed E-state index contributed by atoms with van der Waals surface area (Å²) in [5, 5.41) is 0. The average Bonchev–Trinajstić information content (AvgIpc) is 2.29. The van der Waals surface area contributed by atoms with Gasteiger partial charge in [-0.3, -0.25) is 0 Å². The Balaban J connectivity index is 2.12. The summed E-state index contributed by atoms with van der Waals surface area (Å²) < 4.78 is 10.2. The van der Waals surface area contributed by atoms with Gasteiger partial charge in [0.25, 0.3) is 0 Å². The fourth-order valence-corrected chi connectivity index (χ4v) is 1.60. The predicted molar refractivity (Wildman–Crippen MR) is 57.9 cm³/mol. The second kappa shape index (κ2) is 6.67. The van der Waals surface area contributed by atoms with Crippen LogP contribution in [0.25, 0.3) is 0 Å². The Morgan fingerprint density at radius 2 is 2.00 bits per heavy atom. The van der Waals surface area contributed by atoms with E-state index in [1.807, 2.05) is 6.92 Å². The quantitative estimate of drug-likeness (QED) is 0.720. The number of piperidine rings is 1. The second-order valence-electron chi connectivity index (χ2n) is 4.00. The topological polar surface area (TPSA) is 38.8 Å². The molecule has 1 heterocycles. The molecule has 0 saturated carbocycles. The van der Waals surface area contributed by atoms with Gasteiger partial charge >= 0.3 is 6.09 Å². The third-order valence-electron chi connectivity index (χ3n) is 2.77. The Morgan fingerprint density at radius 3 is 2.60 bits per heavy atom. The van der Waals surface area contributed by atoms with Gasteiger partial charge in [-0.15, -0.1) is 0 Å². The van der Waals surface area contributed by atoms with Gasteiger partial charge in [-0.1, -0.05) is 0 Å². The summed E-state index contributed by atoms with van der Waals surface area (Å²) in [6.45, 7) is 4.11. The summed E-state index contributed by atoms with van der Waals surface area (Å²) in [6, 6.07) is 0. The minimum Gasteiger partial charge on any atom is -0.449 e. The van der Waals surface area contributed by atoms with Crippen LogP contribution in [0.15, 0.2) is 0 Å². The molecule has 1 amide bonds. The Morgan fingerprint density at radius 1 is 1.33 bits per heavy atom. The van der Waals surface area contributed by atoms with Crippen molar-refractivity contribution < 1.29 is 14.3 Å². The van der Waals surface area contributed by atoms with E-state index >= 15 is 0 Å². The molecule has 0 aliphatic carbocycles. The van der Waals surface area contributed by atoms with Gasteiger partial charge in [0.2, 0.25) is 0 Å². The van der Waals surface area contributed by atoms with Crippen LogP contribution in [-0.2, 0) is 9.47 Å². The summed E-state index contributed by atoms with van der Waals surface area (Å²) in [6.07, 6.45) is 4.17. The van der Waals surface area contributed by atoms with Crippen LogP contribution in [0.5, 0.6) is 0 Å². The number of hydrogen-bond acceptors (Lipinski definition) is 3. The molecule has 0 aromatic carbocycles. The van der Waals surface area contributed by atoms with E-state index in [-0.39, 0.29) is 12.2 Å². The van der Waals surface area contributed by atoms with Gasteiger partial charge in [-0.25, -0.2) is 4.79 Å².